The molecule has 0 aliphatic carbocycles. The van der Waals surface area contributed by atoms with Crippen molar-refractivity contribution in [3.8, 4) is 5.75 Å². The molecule has 2 aromatic rings. The average Bonchev–Trinajstić information content (AvgIpc) is 2.68. The highest BCUT2D eigenvalue weighted by atomic mass is 16.6. The van der Waals surface area contributed by atoms with E-state index in [1.807, 2.05) is 24.3 Å². The second-order valence-electron chi connectivity index (χ2n) is 4.57. The summed E-state index contributed by atoms with van der Waals surface area (Å²) in [6, 6.07) is 7.58. The summed E-state index contributed by atoms with van der Waals surface area (Å²) in [5.74, 6) is 0.862. The van der Waals surface area contributed by atoms with Crippen LogP contribution < -0.4 is 15.4 Å². The number of fused-ring (bicyclic) bond motifs is 1. The molecular formula is C13H13N5O3. The molecule has 0 unspecified atom stereocenters. The molecule has 3 rings (SSSR count). The number of hydrogen-bond donors (Lipinski definition) is 1. The number of ether oxygens (including phenoxy) is 1. The Hall–Kier alpha value is -2.90. The molecule has 0 radical (unpaired) electrons. The monoisotopic (exact) mass is 287 g/mol. The minimum atomic E-state index is -0.553. The van der Waals surface area contributed by atoms with Crippen LogP contribution >= 0.6 is 0 Å². The van der Waals surface area contributed by atoms with Crippen LogP contribution in [0.25, 0.3) is 0 Å². The van der Waals surface area contributed by atoms with E-state index >= 15 is 0 Å². The van der Waals surface area contributed by atoms with Gasteiger partial charge >= 0.3 is 5.69 Å². The van der Waals surface area contributed by atoms with Crippen molar-refractivity contribution in [2.75, 3.05) is 23.8 Å². The van der Waals surface area contributed by atoms with Gasteiger partial charge in [0.05, 0.1) is 11.5 Å². The molecule has 2 heterocycles. The van der Waals surface area contributed by atoms with E-state index in [-0.39, 0.29) is 17.3 Å². The van der Waals surface area contributed by atoms with Gasteiger partial charge < -0.3 is 15.4 Å². The minimum Gasteiger partial charge on any atom is -0.491 e. The van der Waals surface area contributed by atoms with E-state index in [0.29, 0.717) is 19.7 Å². The second-order valence-corrected chi connectivity index (χ2v) is 4.57. The lowest BCUT2D eigenvalue weighted by Gasteiger charge is -2.20. The molecular weight excluding hydrogens is 274 g/mol. The molecule has 0 saturated heterocycles. The first-order valence-electron chi connectivity index (χ1n) is 6.37. The number of nitrogens with two attached hydrogens (primary N) is 1. The number of nitrogens with zero attached hydrogens (tertiary/aromatic N) is 4. The van der Waals surface area contributed by atoms with Gasteiger partial charge in [-0.3, -0.25) is 10.1 Å². The lowest BCUT2D eigenvalue weighted by molar-refractivity contribution is -0.383. The summed E-state index contributed by atoms with van der Waals surface area (Å²) in [5.41, 5.74) is 6.29. The minimum absolute atomic E-state index is 0.136. The van der Waals surface area contributed by atoms with Gasteiger partial charge in [0, 0.05) is 12.1 Å². The van der Waals surface area contributed by atoms with Crippen LogP contribution in [0.5, 0.6) is 5.75 Å². The fourth-order valence-electron chi connectivity index (χ4n) is 2.30. The maximum atomic E-state index is 11.2. The summed E-state index contributed by atoms with van der Waals surface area (Å²) in [6.45, 7) is 1.36. The van der Waals surface area contributed by atoms with Crippen LogP contribution in [0.2, 0.25) is 0 Å². The molecule has 0 spiro atoms. The van der Waals surface area contributed by atoms with Crippen molar-refractivity contribution in [2.45, 2.75) is 6.54 Å². The topological polar surface area (TPSA) is 107 Å². The molecule has 0 fully saturated rings. The number of aromatic nitrogens is 2. The summed E-state index contributed by atoms with van der Waals surface area (Å²) >= 11 is 0. The predicted octanol–water partition coefficient (Wildman–Crippen LogP) is 1.37. The van der Waals surface area contributed by atoms with E-state index in [9.17, 15) is 10.1 Å². The van der Waals surface area contributed by atoms with Crippen LogP contribution in [-0.4, -0.2) is 28.0 Å². The van der Waals surface area contributed by atoms with Crippen molar-refractivity contribution in [3.05, 3.63) is 46.3 Å². The molecule has 1 aliphatic rings. The summed E-state index contributed by atoms with van der Waals surface area (Å²) in [5, 5.41) is 11.2. The number of anilines is 2. The Kier molecular flexibility index (Phi) is 3.27. The molecule has 8 heteroatoms. The van der Waals surface area contributed by atoms with Crippen LogP contribution in [0.1, 0.15) is 5.56 Å². The normalized spacial score (nSPS) is 14.0. The van der Waals surface area contributed by atoms with Gasteiger partial charge in [0.15, 0.2) is 0 Å². The van der Waals surface area contributed by atoms with E-state index in [0.717, 1.165) is 11.3 Å². The lowest BCUT2D eigenvalue weighted by atomic mass is 10.2. The quantitative estimate of drug-likeness (QED) is 0.656. The molecule has 21 heavy (non-hydrogen) atoms. The molecule has 0 bridgehead atoms. The largest absolute Gasteiger partial charge is 0.491 e. The third kappa shape index (κ3) is 2.42. The number of para-hydroxylation sites is 1. The van der Waals surface area contributed by atoms with Crippen molar-refractivity contribution in [3.63, 3.8) is 0 Å². The van der Waals surface area contributed by atoms with Crippen LogP contribution in [0.15, 0.2) is 30.6 Å². The first-order chi connectivity index (χ1) is 10.2. The third-order valence-corrected chi connectivity index (χ3v) is 3.27. The fraction of sp³-hybridized carbons (Fsp3) is 0.231. The van der Waals surface area contributed by atoms with Crippen molar-refractivity contribution in [1.29, 1.82) is 0 Å². The Labute approximate surface area is 120 Å². The number of rotatable bonds is 2. The van der Waals surface area contributed by atoms with Gasteiger partial charge in [0.25, 0.3) is 0 Å². The number of nitro groups is 1. The zero-order chi connectivity index (χ0) is 14.8. The van der Waals surface area contributed by atoms with E-state index in [4.69, 9.17) is 10.5 Å². The van der Waals surface area contributed by atoms with Crippen LogP contribution in [0.4, 0.5) is 17.3 Å². The average molecular weight is 287 g/mol. The second kappa shape index (κ2) is 5.23. The Balaban J connectivity index is 2.02. The highest BCUT2D eigenvalue weighted by Crippen LogP contribution is 2.32. The van der Waals surface area contributed by atoms with Crippen molar-refractivity contribution in [1.82, 2.24) is 9.97 Å². The van der Waals surface area contributed by atoms with E-state index in [2.05, 4.69) is 9.97 Å². The standard InChI is InChI=1S/C13H13N5O3/c14-12-11(18(19)20)13(16-8-15-12)17-5-6-21-10-4-2-1-3-9(10)7-17/h1-4,8H,5-7H2,(H2,14,15,16). The Bertz CT molecular complexity index is 691. The number of benzene rings is 1. The zero-order valence-electron chi connectivity index (χ0n) is 11.1. The molecule has 8 nitrogen and oxygen atoms in total. The maximum absolute atomic E-state index is 11.2. The number of hydrogen-bond acceptors (Lipinski definition) is 7. The highest BCUT2D eigenvalue weighted by molar-refractivity contribution is 5.68. The highest BCUT2D eigenvalue weighted by Gasteiger charge is 2.27. The maximum Gasteiger partial charge on any atom is 0.353 e. The Morgan fingerprint density at radius 3 is 2.95 bits per heavy atom. The van der Waals surface area contributed by atoms with Crippen LogP contribution in [0, 0.1) is 10.1 Å². The molecule has 108 valence electrons. The lowest BCUT2D eigenvalue weighted by Crippen LogP contribution is -2.27. The molecule has 1 aliphatic heterocycles. The summed E-state index contributed by atoms with van der Waals surface area (Å²) < 4.78 is 5.64. The molecule has 0 saturated carbocycles. The first-order valence-corrected chi connectivity index (χ1v) is 6.37. The summed E-state index contributed by atoms with van der Waals surface area (Å²) in [7, 11) is 0. The molecule has 0 amide bonds. The van der Waals surface area contributed by atoms with E-state index in [1.165, 1.54) is 6.33 Å². The van der Waals surface area contributed by atoms with Gasteiger partial charge in [-0.1, -0.05) is 18.2 Å². The smallest absolute Gasteiger partial charge is 0.353 e. The predicted molar refractivity (Wildman–Crippen MR) is 76.1 cm³/mol. The van der Waals surface area contributed by atoms with Crippen molar-refractivity contribution in [2.24, 2.45) is 0 Å². The van der Waals surface area contributed by atoms with E-state index < -0.39 is 4.92 Å². The van der Waals surface area contributed by atoms with E-state index in [1.54, 1.807) is 4.90 Å². The van der Waals surface area contributed by atoms with Gasteiger partial charge in [0.2, 0.25) is 11.6 Å². The van der Waals surface area contributed by atoms with Gasteiger partial charge in [0.1, 0.15) is 18.7 Å². The molecule has 1 aromatic heterocycles. The molecule has 2 N–H and O–H groups in total. The third-order valence-electron chi connectivity index (χ3n) is 3.27. The molecule has 0 atom stereocenters. The van der Waals surface area contributed by atoms with Crippen molar-refractivity contribution < 1.29 is 9.66 Å². The fourth-order valence-corrected chi connectivity index (χ4v) is 2.30. The van der Waals surface area contributed by atoms with Gasteiger partial charge in [-0.05, 0) is 6.07 Å². The zero-order valence-corrected chi connectivity index (χ0v) is 11.1. The summed E-state index contributed by atoms with van der Waals surface area (Å²) in [6.07, 6.45) is 1.23. The molecule has 1 aromatic carbocycles. The van der Waals surface area contributed by atoms with Gasteiger partial charge in [-0.25, -0.2) is 9.97 Å². The summed E-state index contributed by atoms with van der Waals surface area (Å²) in [4.78, 5) is 20.2. The van der Waals surface area contributed by atoms with Crippen LogP contribution in [0.3, 0.4) is 0 Å². The van der Waals surface area contributed by atoms with Crippen molar-refractivity contribution >= 4 is 17.3 Å². The Morgan fingerprint density at radius 1 is 1.33 bits per heavy atom. The van der Waals surface area contributed by atoms with Crippen LogP contribution in [-0.2, 0) is 6.54 Å². The first kappa shape index (κ1) is 13.1. The van der Waals surface area contributed by atoms with Gasteiger partial charge in [-0.15, -0.1) is 0 Å². The van der Waals surface area contributed by atoms with Gasteiger partial charge in [-0.2, -0.15) is 0 Å². The number of nitrogen functional groups attached to an aromatic ring is 1. The Morgan fingerprint density at radius 2 is 2.14 bits per heavy atom. The SMILES string of the molecule is Nc1ncnc(N2CCOc3ccccc3C2)c1[N+](=O)[O-].